The molecule has 0 bridgehead atoms. The third kappa shape index (κ3) is 3.36. The van der Waals surface area contributed by atoms with E-state index < -0.39 is 0 Å². The second-order valence-electron chi connectivity index (χ2n) is 3.89. The Morgan fingerprint density at radius 2 is 2.13 bits per heavy atom. The average Bonchev–Trinajstić information content (AvgIpc) is 2.20. The van der Waals surface area contributed by atoms with Gasteiger partial charge in [-0.1, -0.05) is 25.4 Å². The fourth-order valence-electron chi connectivity index (χ4n) is 1.01. The van der Waals surface area contributed by atoms with Gasteiger partial charge in [-0.05, 0) is 18.4 Å². The molecule has 0 saturated heterocycles. The maximum Gasteiger partial charge on any atom is 0.213 e. The number of hydrogen-bond donors (Lipinski definition) is 1. The van der Waals surface area contributed by atoms with Gasteiger partial charge in [-0.3, -0.25) is 0 Å². The van der Waals surface area contributed by atoms with Crippen molar-refractivity contribution in [3.05, 3.63) is 22.8 Å². The minimum absolute atomic E-state index is 0.129. The summed E-state index contributed by atoms with van der Waals surface area (Å²) >= 11 is 5.90. The van der Waals surface area contributed by atoms with E-state index in [1.807, 2.05) is 6.92 Å². The first-order valence-corrected chi connectivity index (χ1v) is 5.43. The lowest BCUT2D eigenvalue weighted by Crippen LogP contribution is -2.19. The van der Waals surface area contributed by atoms with E-state index in [4.69, 9.17) is 22.1 Å². The van der Waals surface area contributed by atoms with E-state index in [1.165, 1.54) is 0 Å². The minimum atomic E-state index is 0.129. The summed E-state index contributed by atoms with van der Waals surface area (Å²) in [7, 11) is 0. The van der Waals surface area contributed by atoms with Crippen LogP contribution in [0.4, 0.5) is 0 Å². The highest BCUT2D eigenvalue weighted by Crippen LogP contribution is 2.20. The van der Waals surface area contributed by atoms with Crippen LogP contribution in [-0.4, -0.2) is 11.1 Å². The molecule has 1 atom stereocenters. The smallest absolute Gasteiger partial charge is 0.213 e. The molecule has 0 radical (unpaired) electrons. The molecule has 2 N–H and O–H groups in total. The summed E-state index contributed by atoms with van der Waals surface area (Å²) in [6, 6.07) is 1.79. The molecule has 1 aromatic rings. The van der Waals surface area contributed by atoms with E-state index in [1.54, 1.807) is 12.3 Å². The highest BCUT2D eigenvalue weighted by molar-refractivity contribution is 6.31. The highest BCUT2D eigenvalue weighted by Gasteiger charge is 2.10. The largest absolute Gasteiger partial charge is 0.474 e. The maximum absolute atomic E-state index is 5.90. The minimum Gasteiger partial charge on any atom is -0.474 e. The summed E-state index contributed by atoms with van der Waals surface area (Å²) in [5.74, 6) is 1.03. The molecule has 0 fully saturated rings. The number of halogens is 1. The first kappa shape index (κ1) is 12.3. The van der Waals surface area contributed by atoms with Crippen molar-refractivity contribution in [1.29, 1.82) is 0 Å². The fourth-order valence-corrected chi connectivity index (χ4v) is 1.19. The monoisotopic (exact) mass is 228 g/mol. The molecule has 0 aliphatic rings. The van der Waals surface area contributed by atoms with Gasteiger partial charge in [0, 0.05) is 18.8 Å². The van der Waals surface area contributed by atoms with E-state index in [9.17, 15) is 0 Å². The second kappa shape index (κ2) is 5.33. The van der Waals surface area contributed by atoms with Crippen molar-refractivity contribution in [1.82, 2.24) is 4.98 Å². The molecule has 0 aliphatic heterocycles. The lowest BCUT2D eigenvalue weighted by molar-refractivity contribution is 0.163. The highest BCUT2D eigenvalue weighted by atomic mass is 35.5. The topological polar surface area (TPSA) is 48.1 Å². The molecule has 1 heterocycles. The number of rotatable bonds is 4. The summed E-state index contributed by atoms with van der Waals surface area (Å²) < 4.78 is 5.65. The zero-order valence-electron chi connectivity index (χ0n) is 9.33. The zero-order chi connectivity index (χ0) is 11.4. The molecule has 0 aromatic carbocycles. The van der Waals surface area contributed by atoms with Gasteiger partial charge in [0.25, 0.3) is 0 Å². The first-order chi connectivity index (χ1) is 7.04. The summed E-state index contributed by atoms with van der Waals surface area (Å²) in [6.07, 6.45) is 1.70. The van der Waals surface area contributed by atoms with Crippen LogP contribution in [0.3, 0.4) is 0 Å². The maximum atomic E-state index is 5.90. The third-order valence-corrected chi connectivity index (χ3v) is 2.72. The quantitative estimate of drug-likeness (QED) is 0.862. The number of ether oxygens (including phenoxy) is 1. The number of aromatic nitrogens is 1. The molecular weight excluding hydrogens is 212 g/mol. The van der Waals surface area contributed by atoms with Crippen LogP contribution < -0.4 is 10.5 Å². The molecule has 1 rings (SSSR count). The molecule has 1 unspecified atom stereocenters. The summed E-state index contributed by atoms with van der Waals surface area (Å²) in [4.78, 5) is 4.10. The van der Waals surface area contributed by atoms with Crippen LogP contribution in [-0.2, 0) is 6.54 Å². The first-order valence-electron chi connectivity index (χ1n) is 5.05. The summed E-state index contributed by atoms with van der Waals surface area (Å²) in [5, 5.41) is 0.585. The number of nitrogens with two attached hydrogens (primary N) is 1. The fraction of sp³-hybridized carbons (Fsp3) is 0.545. The van der Waals surface area contributed by atoms with Gasteiger partial charge in [0.2, 0.25) is 5.88 Å². The molecule has 0 spiro atoms. The molecule has 0 aliphatic carbocycles. The van der Waals surface area contributed by atoms with Crippen molar-refractivity contribution in [3.63, 3.8) is 0 Å². The van der Waals surface area contributed by atoms with Gasteiger partial charge < -0.3 is 10.5 Å². The van der Waals surface area contributed by atoms with E-state index >= 15 is 0 Å². The predicted molar refractivity (Wildman–Crippen MR) is 62.1 cm³/mol. The zero-order valence-corrected chi connectivity index (χ0v) is 10.1. The van der Waals surface area contributed by atoms with Crippen LogP contribution >= 0.6 is 11.6 Å². The van der Waals surface area contributed by atoms with Crippen molar-refractivity contribution in [3.8, 4) is 5.88 Å². The molecule has 4 heteroatoms. The molecule has 15 heavy (non-hydrogen) atoms. The molecule has 84 valence electrons. The van der Waals surface area contributed by atoms with E-state index in [0.717, 1.165) is 5.56 Å². The second-order valence-corrected chi connectivity index (χ2v) is 4.29. The predicted octanol–water partition coefficient (Wildman–Crippen LogP) is 2.62. The third-order valence-electron chi connectivity index (χ3n) is 2.37. The SMILES string of the molecule is CC(C)C(C)Oc1cc(CN)c(Cl)cn1. The van der Waals surface area contributed by atoms with Crippen molar-refractivity contribution < 1.29 is 4.74 Å². The van der Waals surface area contributed by atoms with Crippen molar-refractivity contribution in [2.24, 2.45) is 11.7 Å². The van der Waals surface area contributed by atoms with Gasteiger partial charge >= 0.3 is 0 Å². The Hall–Kier alpha value is -0.800. The van der Waals surface area contributed by atoms with Gasteiger partial charge in [-0.2, -0.15) is 0 Å². The van der Waals surface area contributed by atoms with Gasteiger partial charge in [0.1, 0.15) is 0 Å². The Bertz CT molecular complexity index is 328. The Labute approximate surface area is 95.6 Å². The molecule has 1 aromatic heterocycles. The number of nitrogens with zero attached hydrogens (tertiary/aromatic N) is 1. The number of hydrogen-bond acceptors (Lipinski definition) is 3. The lowest BCUT2D eigenvalue weighted by atomic mass is 10.1. The van der Waals surface area contributed by atoms with Crippen LogP contribution in [0.15, 0.2) is 12.3 Å². The number of pyridine rings is 1. The van der Waals surface area contributed by atoms with Crippen molar-refractivity contribution in [2.45, 2.75) is 33.4 Å². The Balaban J connectivity index is 2.78. The normalized spacial score (nSPS) is 12.9. The lowest BCUT2D eigenvalue weighted by Gasteiger charge is -2.17. The van der Waals surface area contributed by atoms with Crippen molar-refractivity contribution in [2.75, 3.05) is 0 Å². The van der Waals surface area contributed by atoms with Crippen LogP contribution in [0.2, 0.25) is 5.02 Å². The van der Waals surface area contributed by atoms with Gasteiger partial charge in [-0.25, -0.2) is 4.98 Å². The van der Waals surface area contributed by atoms with Gasteiger partial charge in [0.05, 0.1) is 11.1 Å². The van der Waals surface area contributed by atoms with E-state index in [2.05, 4.69) is 18.8 Å². The van der Waals surface area contributed by atoms with E-state index in [0.29, 0.717) is 23.4 Å². The molecular formula is C11H17ClN2O. The summed E-state index contributed by atoms with van der Waals surface area (Å²) in [5.41, 5.74) is 6.40. The Morgan fingerprint density at radius 1 is 1.47 bits per heavy atom. The van der Waals surface area contributed by atoms with Crippen LogP contribution in [0.5, 0.6) is 5.88 Å². The van der Waals surface area contributed by atoms with Crippen LogP contribution in [0.1, 0.15) is 26.3 Å². The van der Waals surface area contributed by atoms with Crippen LogP contribution in [0.25, 0.3) is 0 Å². The Kier molecular flexibility index (Phi) is 4.36. The summed E-state index contributed by atoms with van der Waals surface area (Å²) in [6.45, 7) is 6.62. The van der Waals surface area contributed by atoms with Crippen molar-refractivity contribution >= 4 is 11.6 Å². The average molecular weight is 229 g/mol. The molecule has 0 saturated carbocycles. The standard InChI is InChI=1S/C11H17ClN2O/c1-7(2)8(3)15-11-4-9(5-13)10(12)6-14-11/h4,6-8H,5,13H2,1-3H3. The molecule has 0 amide bonds. The Morgan fingerprint density at radius 3 is 2.67 bits per heavy atom. The van der Waals surface area contributed by atoms with Gasteiger partial charge in [0.15, 0.2) is 0 Å². The van der Waals surface area contributed by atoms with E-state index in [-0.39, 0.29) is 6.10 Å². The van der Waals surface area contributed by atoms with Crippen LogP contribution in [0, 0.1) is 5.92 Å². The molecule has 3 nitrogen and oxygen atoms in total. The van der Waals surface area contributed by atoms with Gasteiger partial charge in [-0.15, -0.1) is 0 Å².